The highest BCUT2D eigenvalue weighted by atomic mass is 16.5. The van der Waals surface area contributed by atoms with E-state index in [1.54, 1.807) is 0 Å². The third-order valence-electron chi connectivity index (χ3n) is 6.52. The number of carboxylic acids is 1. The Labute approximate surface area is 192 Å². The van der Waals surface area contributed by atoms with Gasteiger partial charge in [0.1, 0.15) is 6.61 Å². The van der Waals surface area contributed by atoms with E-state index < -0.39 is 18.2 Å². The lowest BCUT2D eigenvalue weighted by Crippen LogP contribution is -2.43. The average molecular weight is 453 g/mol. The van der Waals surface area contributed by atoms with Crippen LogP contribution in [0.25, 0.3) is 11.1 Å². The van der Waals surface area contributed by atoms with Gasteiger partial charge in [-0.25, -0.2) is 9.59 Å². The summed E-state index contributed by atoms with van der Waals surface area (Å²) >= 11 is 0. The summed E-state index contributed by atoms with van der Waals surface area (Å²) in [7, 11) is 0. The van der Waals surface area contributed by atoms with E-state index in [1.165, 1.54) is 11.1 Å². The van der Waals surface area contributed by atoms with Crippen LogP contribution in [-0.2, 0) is 14.3 Å². The number of rotatable bonds is 7. The van der Waals surface area contributed by atoms with Gasteiger partial charge in [-0.1, -0.05) is 48.5 Å². The van der Waals surface area contributed by atoms with Crippen LogP contribution in [0.3, 0.4) is 0 Å². The van der Waals surface area contributed by atoms with Crippen LogP contribution >= 0.6 is 0 Å². The van der Waals surface area contributed by atoms with Crippen molar-refractivity contribution >= 4 is 18.0 Å². The number of fused-ring (bicyclic) bond motifs is 3. The molecule has 1 atom stereocenters. The highest BCUT2D eigenvalue weighted by Crippen LogP contribution is 2.44. The molecule has 4 rings (SSSR count). The van der Waals surface area contributed by atoms with Gasteiger partial charge in [-0.3, -0.25) is 4.79 Å². The molecule has 0 aliphatic heterocycles. The number of aliphatic carboxylic acids is 1. The number of carbonyl (C=O) groups is 3. The van der Waals surface area contributed by atoms with Crippen molar-refractivity contribution < 1.29 is 29.3 Å². The van der Waals surface area contributed by atoms with E-state index in [4.69, 9.17) is 9.84 Å². The summed E-state index contributed by atoms with van der Waals surface area (Å²) in [6.45, 7) is -0.0599. The normalized spacial score (nSPS) is 20.3. The second-order valence-corrected chi connectivity index (χ2v) is 8.62. The highest BCUT2D eigenvalue weighted by Gasteiger charge is 2.31. The Hall–Kier alpha value is -3.39. The minimum Gasteiger partial charge on any atom is -0.479 e. The van der Waals surface area contributed by atoms with E-state index in [2.05, 4.69) is 34.9 Å². The van der Waals surface area contributed by atoms with Crippen LogP contribution in [0.15, 0.2) is 48.5 Å². The predicted octanol–water partition coefficient (Wildman–Crippen LogP) is 2.65. The number of hydrogen-bond donors (Lipinski definition) is 4. The molecule has 2 aliphatic carbocycles. The molecule has 1 fully saturated rings. The van der Waals surface area contributed by atoms with Gasteiger partial charge in [0.05, 0.1) is 6.54 Å². The first kappa shape index (κ1) is 22.8. The molecule has 2 aliphatic rings. The summed E-state index contributed by atoms with van der Waals surface area (Å²) in [6.07, 6.45) is 0.329. The van der Waals surface area contributed by atoms with Crippen LogP contribution in [0.5, 0.6) is 0 Å². The smallest absolute Gasteiger partial charge is 0.407 e. The number of amides is 2. The van der Waals surface area contributed by atoms with E-state index in [-0.39, 0.29) is 36.9 Å². The fourth-order valence-corrected chi connectivity index (χ4v) is 4.74. The van der Waals surface area contributed by atoms with Crippen LogP contribution in [0, 0.1) is 5.92 Å². The van der Waals surface area contributed by atoms with Gasteiger partial charge in [-0.2, -0.15) is 0 Å². The second kappa shape index (κ2) is 10.0. The Morgan fingerprint density at radius 3 is 2.09 bits per heavy atom. The summed E-state index contributed by atoms with van der Waals surface area (Å²) in [5.41, 5.74) is 4.67. The molecule has 0 unspecified atom stereocenters. The Bertz CT molecular complexity index is 986. The maximum Gasteiger partial charge on any atom is 0.407 e. The van der Waals surface area contributed by atoms with Crippen molar-refractivity contribution in [3.05, 3.63) is 59.7 Å². The first-order valence-electron chi connectivity index (χ1n) is 11.2. The molecule has 2 aromatic rings. The maximum atomic E-state index is 12.5. The van der Waals surface area contributed by atoms with Crippen molar-refractivity contribution in [1.29, 1.82) is 0 Å². The molecule has 1 saturated carbocycles. The van der Waals surface area contributed by atoms with Crippen LogP contribution in [-0.4, -0.2) is 53.5 Å². The summed E-state index contributed by atoms with van der Waals surface area (Å²) < 4.78 is 5.59. The third-order valence-corrected chi connectivity index (χ3v) is 6.52. The van der Waals surface area contributed by atoms with Gasteiger partial charge < -0.3 is 25.6 Å². The average Bonchev–Trinajstić information content (AvgIpc) is 3.15. The Morgan fingerprint density at radius 2 is 1.52 bits per heavy atom. The van der Waals surface area contributed by atoms with Crippen LogP contribution in [0.1, 0.15) is 42.7 Å². The van der Waals surface area contributed by atoms with Gasteiger partial charge in [0.25, 0.3) is 0 Å². The lowest BCUT2D eigenvalue weighted by atomic mass is 9.85. The van der Waals surface area contributed by atoms with Gasteiger partial charge in [0.15, 0.2) is 6.10 Å². The Kier molecular flexibility index (Phi) is 6.93. The van der Waals surface area contributed by atoms with Crippen molar-refractivity contribution in [2.24, 2.45) is 5.92 Å². The molecule has 8 nitrogen and oxygen atoms in total. The molecule has 0 bridgehead atoms. The number of hydrogen-bond acceptors (Lipinski definition) is 5. The maximum absolute atomic E-state index is 12.5. The quantitative estimate of drug-likeness (QED) is 0.512. The molecule has 2 amide bonds. The molecular formula is C25H28N2O6. The van der Waals surface area contributed by atoms with Crippen molar-refractivity contribution in [3.63, 3.8) is 0 Å². The summed E-state index contributed by atoms with van der Waals surface area (Å²) in [6, 6.07) is 16.3. The lowest BCUT2D eigenvalue weighted by Gasteiger charge is -2.28. The molecule has 33 heavy (non-hydrogen) atoms. The predicted molar refractivity (Wildman–Crippen MR) is 121 cm³/mol. The first-order chi connectivity index (χ1) is 15.9. The SMILES string of the molecule is O=C(NC1CCC(C(=O)NC[C@H](O)C(=O)O)CC1)OCC1c2ccccc2-c2ccccc21. The number of carboxylic acid groups (broad SMARTS) is 1. The minimum atomic E-state index is -1.61. The molecule has 0 radical (unpaired) electrons. The van der Waals surface area contributed by atoms with E-state index in [1.807, 2.05) is 24.3 Å². The lowest BCUT2D eigenvalue weighted by molar-refractivity contribution is -0.146. The molecule has 2 aromatic carbocycles. The molecule has 0 spiro atoms. The van der Waals surface area contributed by atoms with Gasteiger partial charge in [0.2, 0.25) is 5.91 Å². The summed E-state index contributed by atoms with van der Waals surface area (Å²) in [5, 5.41) is 23.3. The van der Waals surface area contributed by atoms with Crippen molar-refractivity contribution in [1.82, 2.24) is 10.6 Å². The number of nitrogens with one attached hydrogen (secondary N) is 2. The van der Waals surface area contributed by atoms with Gasteiger partial charge in [-0.05, 0) is 47.9 Å². The molecule has 8 heteroatoms. The third kappa shape index (κ3) is 5.17. The number of aliphatic hydroxyl groups excluding tert-OH is 1. The largest absolute Gasteiger partial charge is 0.479 e. The number of aliphatic hydroxyl groups is 1. The van der Waals surface area contributed by atoms with E-state index in [9.17, 15) is 19.5 Å². The van der Waals surface area contributed by atoms with Crippen LogP contribution in [0.2, 0.25) is 0 Å². The number of alkyl carbamates (subject to hydrolysis) is 1. The van der Waals surface area contributed by atoms with Crippen LogP contribution in [0.4, 0.5) is 4.79 Å². The number of ether oxygens (including phenoxy) is 1. The van der Waals surface area contributed by atoms with Gasteiger partial charge >= 0.3 is 12.1 Å². The van der Waals surface area contributed by atoms with E-state index in [0.717, 1.165) is 11.1 Å². The monoisotopic (exact) mass is 452 g/mol. The number of carbonyl (C=O) groups excluding carboxylic acids is 2. The zero-order chi connectivity index (χ0) is 23.4. The van der Waals surface area contributed by atoms with E-state index in [0.29, 0.717) is 25.7 Å². The molecular weight excluding hydrogens is 424 g/mol. The van der Waals surface area contributed by atoms with E-state index >= 15 is 0 Å². The minimum absolute atomic E-state index is 0.00346. The fourth-order valence-electron chi connectivity index (χ4n) is 4.74. The first-order valence-corrected chi connectivity index (χ1v) is 11.2. The topological polar surface area (TPSA) is 125 Å². The Balaban J connectivity index is 1.24. The van der Waals surface area contributed by atoms with Crippen molar-refractivity contribution in [3.8, 4) is 11.1 Å². The second-order valence-electron chi connectivity index (χ2n) is 8.62. The van der Waals surface area contributed by atoms with Gasteiger partial charge in [-0.15, -0.1) is 0 Å². The van der Waals surface area contributed by atoms with Crippen molar-refractivity contribution in [2.45, 2.75) is 43.7 Å². The zero-order valence-electron chi connectivity index (χ0n) is 18.2. The molecule has 0 heterocycles. The highest BCUT2D eigenvalue weighted by molar-refractivity contribution is 5.80. The Morgan fingerprint density at radius 1 is 0.939 bits per heavy atom. The van der Waals surface area contributed by atoms with Crippen molar-refractivity contribution in [2.75, 3.05) is 13.2 Å². The molecule has 4 N–H and O–H groups in total. The zero-order valence-corrected chi connectivity index (χ0v) is 18.2. The molecule has 0 aromatic heterocycles. The fraction of sp³-hybridized carbons (Fsp3) is 0.400. The van der Waals surface area contributed by atoms with Gasteiger partial charge in [0, 0.05) is 17.9 Å². The summed E-state index contributed by atoms with van der Waals surface area (Å²) in [5.74, 6) is -1.89. The van der Waals surface area contributed by atoms with Crippen LogP contribution < -0.4 is 10.6 Å². The summed E-state index contributed by atoms with van der Waals surface area (Å²) in [4.78, 5) is 35.3. The standard InChI is InChI=1S/C25H28N2O6/c28-22(24(30)31)13-26-23(29)15-9-11-16(12-10-15)27-25(32)33-14-21-19-7-3-1-5-17(19)18-6-2-4-8-20(18)21/h1-8,15-16,21-22,28H,9-14H2,(H,26,29)(H,27,32)(H,30,31)/t15?,16?,22-/m0/s1. The molecule has 174 valence electrons. The molecule has 0 saturated heterocycles. The number of benzene rings is 2.